The quantitative estimate of drug-likeness (QED) is 0.897. The first kappa shape index (κ1) is 12.8. The van der Waals surface area contributed by atoms with E-state index < -0.39 is 6.10 Å². The third kappa shape index (κ3) is 2.31. The van der Waals surface area contributed by atoms with Crippen LogP contribution in [0.1, 0.15) is 49.7 Å². The van der Waals surface area contributed by atoms with E-state index in [1.807, 2.05) is 28.9 Å². The van der Waals surface area contributed by atoms with Crippen molar-refractivity contribution in [2.24, 2.45) is 0 Å². The fraction of sp³-hybridized carbons (Fsp3) is 0.400. The van der Waals surface area contributed by atoms with Crippen LogP contribution in [0.5, 0.6) is 0 Å². The number of hydrogen-bond donors (Lipinski definition) is 1. The summed E-state index contributed by atoms with van der Waals surface area (Å²) in [6.07, 6.45) is 2.06. The molecule has 1 heterocycles. The van der Waals surface area contributed by atoms with Crippen LogP contribution in [0.15, 0.2) is 36.5 Å². The average molecular weight is 244 g/mol. The van der Waals surface area contributed by atoms with E-state index in [4.69, 9.17) is 0 Å². The number of rotatable bonds is 4. The van der Waals surface area contributed by atoms with Gasteiger partial charge in [-0.25, -0.2) is 0 Å². The van der Waals surface area contributed by atoms with E-state index in [2.05, 4.69) is 31.9 Å². The monoisotopic (exact) mass is 244 g/mol. The van der Waals surface area contributed by atoms with Crippen LogP contribution < -0.4 is 0 Å². The second-order valence-corrected chi connectivity index (χ2v) is 4.75. The zero-order valence-electron chi connectivity index (χ0n) is 11.2. The molecular formula is C15H20N2O. The highest BCUT2D eigenvalue weighted by atomic mass is 16.3. The number of hydrogen-bond acceptors (Lipinski definition) is 2. The highest BCUT2D eigenvalue weighted by Gasteiger charge is 2.18. The third-order valence-electron chi connectivity index (χ3n) is 3.20. The van der Waals surface area contributed by atoms with Gasteiger partial charge in [-0.2, -0.15) is 5.10 Å². The van der Waals surface area contributed by atoms with Crippen LogP contribution in [0.25, 0.3) is 0 Å². The predicted molar refractivity (Wildman–Crippen MR) is 72.5 cm³/mol. The lowest BCUT2D eigenvalue weighted by Crippen LogP contribution is -2.13. The van der Waals surface area contributed by atoms with Crippen LogP contribution in [-0.4, -0.2) is 14.9 Å². The molecule has 1 N–H and O–H groups in total. The third-order valence-corrected chi connectivity index (χ3v) is 3.20. The van der Waals surface area contributed by atoms with Crippen molar-refractivity contribution in [2.75, 3.05) is 0 Å². The highest BCUT2D eigenvalue weighted by molar-refractivity contribution is 5.33. The predicted octanol–water partition coefficient (Wildman–Crippen LogP) is 3.11. The standard InChI is InChI=1S/C15H20N2O/c1-4-12-7-5-6-8-13(12)15(18)14-9-10-16-17(14)11(2)3/h5-11,15,18H,4H2,1-3H3. The van der Waals surface area contributed by atoms with E-state index in [0.29, 0.717) is 0 Å². The Morgan fingerprint density at radius 1 is 1.22 bits per heavy atom. The molecule has 0 aliphatic heterocycles. The summed E-state index contributed by atoms with van der Waals surface area (Å²) in [6, 6.07) is 10.2. The summed E-state index contributed by atoms with van der Waals surface area (Å²) in [5.74, 6) is 0. The maximum atomic E-state index is 10.6. The van der Waals surface area contributed by atoms with Gasteiger partial charge in [0.1, 0.15) is 6.10 Å². The summed E-state index contributed by atoms with van der Waals surface area (Å²) in [6.45, 7) is 6.23. The Kier molecular flexibility index (Phi) is 3.82. The van der Waals surface area contributed by atoms with Gasteiger partial charge in [0.25, 0.3) is 0 Å². The van der Waals surface area contributed by atoms with Gasteiger partial charge in [0.15, 0.2) is 0 Å². The number of benzene rings is 1. The molecule has 0 fully saturated rings. The summed E-state index contributed by atoms with van der Waals surface area (Å²) >= 11 is 0. The molecule has 1 aromatic carbocycles. The average Bonchev–Trinajstić information content (AvgIpc) is 2.87. The van der Waals surface area contributed by atoms with Crippen LogP contribution in [0.4, 0.5) is 0 Å². The van der Waals surface area contributed by atoms with Gasteiger partial charge in [0, 0.05) is 12.2 Å². The minimum Gasteiger partial charge on any atom is -0.382 e. The maximum Gasteiger partial charge on any atom is 0.121 e. The second-order valence-electron chi connectivity index (χ2n) is 4.75. The SMILES string of the molecule is CCc1ccccc1C(O)c1ccnn1C(C)C. The molecule has 3 nitrogen and oxygen atoms in total. The van der Waals surface area contributed by atoms with Crippen molar-refractivity contribution in [1.29, 1.82) is 0 Å². The van der Waals surface area contributed by atoms with Crippen LogP contribution in [-0.2, 0) is 6.42 Å². The van der Waals surface area contributed by atoms with Gasteiger partial charge < -0.3 is 5.11 Å². The zero-order valence-corrected chi connectivity index (χ0v) is 11.2. The number of aliphatic hydroxyl groups is 1. The van der Waals surface area contributed by atoms with Crippen molar-refractivity contribution in [1.82, 2.24) is 9.78 Å². The van der Waals surface area contributed by atoms with E-state index >= 15 is 0 Å². The van der Waals surface area contributed by atoms with E-state index in [1.54, 1.807) is 6.20 Å². The first-order valence-corrected chi connectivity index (χ1v) is 6.44. The summed E-state index contributed by atoms with van der Waals surface area (Å²) in [5.41, 5.74) is 3.01. The van der Waals surface area contributed by atoms with Crippen molar-refractivity contribution >= 4 is 0 Å². The van der Waals surface area contributed by atoms with Gasteiger partial charge in [-0.3, -0.25) is 4.68 Å². The molecule has 0 saturated heterocycles. The van der Waals surface area contributed by atoms with E-state index in [-0.39, 0.29) is 6.04 Å². The molecule has 0 amide bonds. The minimum atomic E-state index is -0.606. The smallest absolute Gasteiger partial charge is 0.121 e. The van der Waals surface area contributed by atoms with Crippen molar-refractivity contribution in [3.63, 3.8) is 0 Å². The molecule has 2 aromatic rings. The van der Waals surface area contributed by atoms with Gasteiger partial charge in [0.2, 0.25) is 0 Å². The van der Waals surface area contributed by atoms with Gasteiger partial charge in [0.05, 0.1) is 5.69 Å². The summed E-state index contributed by atoms with van der Waals surface area (Å²) in [7, 11) is 0. The number of nitrogens with zero attached hydrogens (tertiary/aromatic N) is 2. The maximum absolute atomic E-state index is 10.6. The Labute approximate surface area is 108 Å². The molecule has 18 heavy (non-hydrogen) atoms. The van der Waals surface area contributed by atoms with Crippen molar-refractivity contribution in [3.8, 4) is 0 Å². The number of aliphatic hydroxyl groups excluding tert-OH is 1. The van der Waals surface area contributed by atoms with Crippen LogP contribution in [0, 0.1) is 0 Å². The molecule has 2 rings (SSSR count). The summed E-state index contributed by atoms with van der Waals surface area (Å²) in [5, 5.41) is 14.8. The van der Waals surface area contributed by atoms with Crippen molar-refractivity contribution < 1.29 is 5.11 Å². The molecule has 3 heteroatoms. The highest BCUT2D eigenvalue weighted by Crippen LogP contribution is 2.26. The Hall–Kier alpha value is -1.61. The lowest BCUT2D eigenvalue weighted by Gasteiger charge is -2.18. The zero-order chi connectivity index (χ0) is 13.1. The van der Waals surface area contributed by atoms with Crippen molar-refractivity contribution in [3.05, 3.63) is 53.3 Å². The van der Waals surface area contributed by atoms with E-state index in [9.17, 15) is 5.11 Å². The first-order chi connectivity index (χ1) is 8.65. The molecule has 0 aliphatic rings. The topological polar surface area (TPSA) is 38.1 Å². The van der Waals surface area contributed by atoms with Gasteiger partial charge in [-0.05, 0) is 37.5 Å². The molecular weight excluding hydrogens is 224 g/mol. The first-order valence-electron chi connectivity index (χ1n) is 6.44. The van der Waals surface area contributed by atoms with Crippen LogP contribution >= 0.6 is 0 Å². The van der Waals surface area contributed by atoms with Crippen molar-refractivity contribution in [2.45, 2.75) is 39.3 Å². The Morgan fingerprint density at radius 3 is 2.61 bits per heavy atom. The van der Waals surface area contributed by atoms with Gasteiger partial charge >= 0.3 is 0 Å². The van der Waals surface area contributed by atoms with E-state index in [1.165, 1.54) is 5.56 Å². The molecule has 0 saturated carbocycles. The molecule has 0 aliphatic carbocycles. The summed E-state index contributed by atoms with van der Waals surface area (Å²) < 4.78 is 1.87. The molecule has 0 bridgehead atoms. The van der Waals surface area contributed by atoms with Gasteiger partial charge in [-0.1, -0.05) is 31.2 Å². The Bertz CT molecular complexity index is 517. The van der Waals surface area contributed by atoms with Crippen LogP contribution in [0.3, 0.4) is 0 Å². The lowest BCUT2D eigenvalue weighted by atomic mass is 9.98. The fourth-order valence-corrected chi connectivity index (χ4v) is 2.25. The molecule has 0 radical (unpaired) electrons. The second kappa shape index (κ2) is 5.36. The number of aryl methyl sites for hydroxylation is 1. The molecule has 0 spiro atoms. The number of aromatic nitrogens is 2. The van der Waals surface area contributed by atoms with Crippen LogP contribution in [0.2, 0.25) is 0 Å². The normalized spacial score (nSPS) is 12.9. The fourth-order valence-electron chi connectivity index (χ4n) is 2.25. The Balaban J connectivity index is 2.41. The Morgan fingerprint density at radius 2 is 1.94 bits per heavy atom. The molecule has 1 atom stereocenters. The lowest BCUT2D eigenvalue weighted by molar-refractivity contribution is 0.204. The molecule has 1 unspecified atom stereocenters. The van der Waals surface area contributed by atoms with E-state index in [0.717, 1.165) is 17.7 Å². The van der Waals surface area contributed by atoms with Gasteiger partial charge in [-0.15, -0.1) is 0 Å². The molecule has 96 valence electrons. The minimum absolute atomic E-state index is 0.249. The molecule has 1 aromatic heterocycles. The largest absolute Gasteiger partial charge is 0.382 e. The summed E-state index contributed by atoms with van der Waals surface area (Å²) in [4.78, 5) is 0.